The smallest absolute Gasteiger partial charge is 0.0592 e. The van der Waals surface area contributed by atoms with E-state index in [0.717, 1.165) is 16.4 Å². The van der Waals surface area contributed by atoms with Gasteiger partial charge in [-0.2, -0.15) is 0 Å². The predicted octanol–water partition coefficient (Wildman–Crippen LogP) is 4.57. The Morgan fingerprint density at radius 2 is 2.00 bits per heavy atom. The molecule has 1 aromatic heterocycles. The average molecular weight is 266 g/mol. The van der Waals surface area contributed by atoms with Crippen molar-refractivity contribution in [3.8, 4) is 10.4 Å². The van der Waals surface area contributed by atoms with Crippen molar-refractivity contribution >= 4 is 22.9 Å². The van der Waals surface area contributed by atoms with Crippen molar-refractivity contribution in [1.82, 2.24) is 5.32 Å². The van der Waals surface area contributed by atoms with Gasteiger partial charge < -0.3 is 5.32 Å². The van der Waals surface area contributed by atoms with Crippen LogP contribution in [0.5, 0.6) is 0 Å². The summed E-state index contributed by atoms with van der Waals surface area (Å²) in [6.07, 6.45) is 0. The Kier molecular flexibility index (Phi) is 4.21. The van der Waals surface area contributed by atoms with Gasteiger partial charge in [-0.15, -0.1) is 11.3 Å². The fourth-order valence-corrected chi connectivity index (χ4v) is 2.92. The maximum absolute atomic E-state index is 6.20. The molecule has 0 aliphatic heterocycles. The molecule has 2 aromatic rings. The SMILES string of the molecule is CC(C)NCc1ccccc1-c1sccc1Cl. The van der Waals surface area contributed by atoms with Gasteiger partial charge in [0, 0.05) is 12.6 Å². The average Bonchev–Trinajstić information content (AvgIpc) is 2.73. The van der Waals surface area contributed by atoms with Crippen LogP contribution in [0.25, 0.3) is 10.4 Å². The minimum atomic E-state index is 0.488. The molecule has 0 saturated carbocycles. The second-order valence-corrected chi connectivity index (χ2v) is 5.61. The third kappa shape index (κ3) is 3.09. The topological polar surface area (TPSA) is 12.0 Å². The lowest BCUT2D eigenvalue weighted by Crippen LogP contribution is -2.22. The monoisotopic (exact) mass is 265 g/mol. The summed E-state index contributed by atoms with van der Waals surface area (Å²) in [6.45, 7) is 5.18. The summed E-state index contributed by atoms with van der Waals surface area (Å²) >= 11 is 7.89. The Labute approximate surface area is 111 Å². The zero-order valence-electron chi connectivity index (χ0n) is 10.0. The van der Waals surface area contributed by atoms with Crippen LogP contribution in [0.4, 0.5) is 0 Å². The number of halogens is 1. The molecule has 0 fully saturated rings. The second kappa shape index (κ2) is 5.67. The lowest BCUT2D eigenvalue weighted by molar-refractivity contribution is 0.589. The molecule has 2 rings (SSSR count). The first-order valence-electron chi connectivity index (χ1n) is 5.73. The first-order chi connectivity index (χ1) is 8.18. The lowest BCUT2D eigenvalue weighted by Gasteiger charge is -2.12. The first-order valence-corrected chi connectivity index (χ1v) is 6.99. The molecule has 0 radical (unpaired) electrons. The fourth-order valence-electron chi connectivity index (χ4n) is 1.70. The molecule has 90 valence electrons. The van der Waals surface area contributed by atoms with Crippen molar-refractivity contribution in [1.29, 1.82) is 0 Å². The lowest BCUT2D eigenvalue weighted by atomic mass is 10.1. The van der Waals surface area contributed by atoms with Crippen LogP contribution in [-0.2, 0) is 6.54 Å². The quantitative estimate of drug-likeness (QED) is 0.854. The summed E-state index contributed by atoms with van der Waals surface area (Å²) in [5.41, 5.74) is 2.53. The molecule has 0 aliphatic carbocycles. The van der Waals surface area contributed by atoms with Crippen molar-refractivity contribution in [2.45, 2.75) is 26.4 Å². The molecular weight excluding hydrogens is 250 g/mol. The summed E-state index contributed by atoms with van der Waals surface area (Å²) in [5, 5.41) is 6.32. The van der Waals surface area contributed by atoms with Gasteiger partial charge in [-0.05, 0) is 22.6 Å². The van der Waals surface area contributed by atoms with Crippen LogP contribution >= 0.6 is 22.9 Å². The van der Waals surface area contributed by atoms with E-state index in [1.54, 1.807) is 11.3 Å². The minimum absolute atomic E-state index is 0.488. The standard InChI is InChI=1S/C14H16ClNS/c1-10(2)16-9-11-5-3-4-6-12(11)14-13(15)7-8-17-14/h3-8,10,16H,9H2,1-2H3. The Hall–Kier alpha value is -0.830. The van der Waals surface area contributed by atoms with Gasteiger partial charge in [0.25, 0.3) is 0 Å². The molecule has 0 atom stereocenters. The summed E-state index contributed by atoms with van der Waals surface area (Å²) in [5.74, 6) is 0. The van der Waals surface area contributed by atoms with E-state index in [9.17, 15) is 0 Å². The Balaban J connectivity index is 2.31. The second-order valence-electron chi connectivity index (χ2n) is 4.29. The fraction of sp³-hybridized carbons (Fsp3) is 0.286. The summed E-state index contributed by atoms with van der Waals surface area (Å²) in [4.78, 5) is 1.16. The van der Waals surface area contributed by atoms with E-state index < -0.39 is 0 Å². The van der Waals surface area contributed by atoms with E-state index in [-0.39, 0.29) is 0 Å². The van der Waals surface area contributed by atoms with Crippen LogP contribution in [-0.4, -0.2) is 6.04 Å². The van der Waals surface area contributed by atoms with Crippen LogP contribution in [0.2, 0.25) is 5.02 Å². The van der Waals surface area contributed by atoms with Gasteiger partial charge in [-0.25, -0.2) is 0 Å². The highest BCUT2D eigenvalue weighted by Crippen LogP contribution is 2.35. The summed E-state index contributed by atoms with van der Waals surface area (Å²) in [7, 11) is 0. The molecule has 1 nitrogen and oxygen atoms in total. The van der Waals surface area contributed by atoms with E-state index in [1.165, 1.54) is 11.1 Å². The highest BCUT2D eigenvalue weighted by Gasteiger charge is 2.09. The highest BCUT2D eigenvalue weighted by molar-refractivity contribution is 7.14. The van der Waals surface area contributed by atoms with Crippen LogP contribution in [0.3, 0.4) is 0 Å². The largest absolute Gasteiger partial charge is 0.310 e. The third-order valence-electron chi connectivity index (χ3n) is 2.58. The van der Waals surface area contributed by atoms with Crippen LogP contribution in [0.15, 0.2) is 35.7 Å². The van der Waals surface area contributed by atoms with Crippen molar-refractivity contribution in [3.05, 3.63) is 46.3 Å². The minimum Gasteiger partial charge on any atom is -0.310 e. The molecule has 0 bridgehead atoms. The molecule has 3 heteroatoms. The number of rotatable bonds is 4. The molecule has 0 saturated heterocycles. The zero-order valence-corrected chi connectivity index (χ0v) is 11.6. The van der Waals surface area contributed by atoms with E-state index >= 15 is 0 Å². The highest BCUT2D eigenvalue weighted by atomic mass is 35.5. The van der Waals surface area contributed by atoms with Crippen molar-refractivity contribution in [2.24, 2.45) is 0 Å². The predicted molar refractivity (Wildman–Crippen MR) is 76.7 cm³/mol. The van der Waals surface area contributed by atoms with Crippen molar-refractivity contribution in [3.63, 3.8) is 0 Å². The maximum Gasteiger partial charge on any atom is 0.0592 e. The van der Waals surface area contributed by atoms with Crippen LogP contribution < -0.4 is 5.32 Å². The summed E-state index contributed by atoms with van der Waals surface area (Å²) < 4.78 is 0. The van der Waals surface area contributed by atoms with Crippen LogP contribution in [0.1, 0.15) is 19.4 Å². The Morgan fingerprint density at radius 1 is 1.24 bits per heavy atom. The van der Waals surface area contributed by atoms with E-state index in [1.807, 2.05) is 11.4 Å². The van der Waals surface area contributed by atoms with Gasteiger partial charge in [-0.3, -0.25) is 0 Å². The Morgan fingerprint density at radius 3 is 2.65 bits per heavy atom. The molecule has 17 heavy (non-hydrogen) atoms. The maximum atomic E-state index is 6.20. The molecular formula is C14H16ClNS. The zero-order chi connectivity index (χ0) is 12.3. The van der Waals surface area contributed by atoms with Crippen LogP contribution in [0, 0.1) is 0 Å². The molecule has 0 spiro atoms. The number of benzene rings is 1. The number of hydrogen-bond donors (Lipinski definition) is 1. The van der Waals surface area contributed by atoms with Crippen molar-refractivity contribution < 1.29 is 0 Å². The van der Waals surface area contributed by atoms with E-state index in [2.05, 4.69) is 43.4 Å². The van der Waals surface area contributed by atoms with Gasteiger partial charge >= 0.3 is 0 Å². The van der Waals surface area contributed by atoms with E-state index in [0.29, 0.717) is 6.04 Å². The molecule has 0 amide bonds. The van der Waals surface area contributed by atoms with Gasteiger partial charge in [0.15, 0.2) is 0 Å². The molecule has 1 heterocycles. The number of nitrogens with one attached hydrogen (secondary N) is 1. The number of thiophene rings is 1. The van der Waals surface area contributed by atoms with Gasteiger partial charge in [0.05, 0.1) is 9.90 Å². The molecule has 1 N–H and O–H groups in total. The molecule has 0 aliphatic rings. The normalized spacial score (nSPS) is 11.1. The van der Waals surface area contributed by atoms with Gasteiger partial charge in [-0.1, -0.05) is 49.7 Å². The number of hydrogen-bond acceptors (Lipinski definition) is 2. The van der Waals surface area contributed by atoms with Gasteiger partial charge in [0.2, 0.25) is 0 Å². The molecule has 0 unspecified atom stereocenters. The third-order valence-corrected chi connectivity index (χ3v) is 3.95. The Bertz CT molecular complexity index is 490. The first kappa shape index (κ1) is 12.6. The van der Waals surface area contributed by atoms with Gasteiger partial charge in [0.1, 0.15) is 0 Å². The summed E-state index contributed by atoms with van der Waals surface area (Å²) in [6, 6.07) is 10.9. The molecule has 1 aromatic carbocycles. The van der Waals surface area contributed by atoms with Crippen molar-refractivity contribution in [2.75, 3.05) is 0 Å². The van der Waals surface area contributed by atoms with E-state index in [4.69, 9.17) is 11.6 Å².